The van der Waals surface area contributed by atoms with E-state index in [1.54, 1.807) is 0 Å². The first-order chi connectivity index (χ1) is 32.7. The van der Waals surface area contributed by atoms with Crippen molar-refractivity contribution in [2.24, 2.45) is 0 Å². The molecule has 0 radical (unpaired) electrons. The van der Waals surface area contributed by atoms with Crippen LogP contribution in [0.3, 0.4) is 0 Å². The zero-order valence-corrected chi connectivity index (χ0v) is 43.0. The Bertz CT molecular complexity index is 3440. The summed E-state index contributed by atoms with van der Waals surface area (Å²) in [7, 11) is 0. The van der Waals surface area contributed by atoms with Gasteiger partial charge in [-0.1, -0.05) is 199 Å². The molecule has 0 N–H and O–H groups in total. The highest BCUT2D eigenvalue weighted by atomic mass is 15.2. The van der Waals surface area contributed by atoms with Crippen LogP contribution in [-0.2, 0) is 27.1 Å². The van der Waals surface area contributed by atoms with E-state index in [0.717, 1.165) is 0 Å². The number of benzene rings is 8. The second kappa shape index (κ2) is 14.5. The average molecular weight is 897 g/mol. The van der Waals surface area contributed by atoms with Crippen molar-refractivity contribution in [3.8, 4) is 44.5 Å². The van der Waals surface area contributed by atoms with Crippen molar-refractivity contribution < 1.29 is 0 Å². The minimum absolute atomic E-state index is 0.0217. The van der Waals surface area contributed by atoms with E-state index in [0.29, 0.717) is 0 Å². The molecule has 4 aliphatic rings. The molecule has 0 atom stereocenters. The highest BCUT2D eigenvalue weighted by Gasteiger charge is 2.53. The third-order valence-electron chi connectivity index (χ3n) is 16.5. The number of anilines is 5. The summed E-state index contributed by atoms with van der Waals surface area (Å²) in [4.78, 5) is 5.44. The van der Waals surface area contributed by atoms with Crippen molar-refractivity contribution in [2.45, 2.75) is 117 Å². The molecule has 0 saturated carbocycles. The van der Waals surface area contributed by atoms with Gasteiger partial charge in [-0.3, -0.25) is 0 Å². The Morgan fingerprint density at radius 2 is 0.899 bits per heavy atom. The van der Waals surface area contributed by atoms with Crippen LogP contribution in [0, 0.1) is 0 Å². The summed E-state index contributed by atoms with van der Waals surface area (Å²) in [5.41, 5.74) is 28.6. The summed E-state index contributed by atoms with van der Waals surface area (Å²) in [5.74, 6) is 0. The Morgan fingerprint density at radius 3 is 1.54 bits per heavy atom. The molecule has 2 aliphatic carbocycles. The summed E-state index contributed by atoms with van der Waals surface area (Å²) >= 11 is 0. The maximum Gasteiger partial charge on any atom is 0.333 e. The van der Waals surface area contributed by atoms with Gasteiger partial charge in [-0.15, -0.1) is 0 Å². The predicted molar refractivity (Wildman–Crippen MR) is 297 cm³/mol. The molecule has 0 fully saturated rings. The second-order valence-electron chi connectivity index (χ2n) is 24.6. The van der Waals surface area contributed by atoms with E-state index < -0.39 is 0 Å². The molecule has 3 heteroatoms. The Kier molecular flexibility index (Phi) is 9.17. The smallest absolute Gasteiger partial charge is 0.333 e. The maximum atomic E-state index is 2.74. The summed E-state index contributed by atoms with van der Waals surface area (Å²) in [5, 5.41) is 0. The second-order valence-corrected chi connectivity index (χ2v) is 24.6. The number of nitrogens with zero attached hydrogens (tertiary/aromatic N) is 2. The SMILES string of the molecule is CC(C)(C)c1ccc(N2B3c4c(ccc5c4-c4ccccc4C5(C)C)N(c4ccc(C(C)(C)C)cc4-c4ccccc4)c4cc5c(c(c43)-c3cc(C(C)(C)C)ccc32)C(C)(C)c2ccccc2-5)cc1. The standard InChI is InChI=1S/C66H65BN2/c1-62(2,3)41-27-31-44(32-28-41)69-54-35-30-43(64(7,8)9)38-49(54)58-59-48(45-23-17-19-25-50(45)66(59,12)13)39-56-61(58)67(69)60-55(36-33-52-57(60)46-24-18-20-26-51(46)65(52,10)11)68(56)53-34-29-42(63(4,5)6)37-47(53)40-21-15-14-16-22-40/h14-39H,1-13H3. The van der Waals surface area contributed by atoms with Gasteiger partial charge in [0.1, 0.15) is 0 Å². The zero-order valence-electron chi connectivity index (χ0n) is 43.0. The molecule has 0 bridgehead atoms. The molecular weight excluding hydrogens is 832 g/mol. The molecule has 69 heavy (non-hydrogen) atoms. The molecule has 0 unspecified atom stereocenters. The lowest BCUT2D eigenvalue weighted by molar-refractivity contribution is 0.590. The fraction of sp³-hybridized carbons (Fsp3) is 0.273. The Labute approximate surface area is 412 Å². The highest BCUT2D eigenvalue weighted by molar-refractivity contribution is 6.94. The van der Waals surface area contributed by atoms with Crippen molar-refractivity contribution in [3.63, 3.8) is 0 Å². The first-order valence-corrected chi connectivity index (χ1v) is 25.3. The van der Waals surface area contributed by atoms with Crippen LogP contribution >= 0.6 is 0 Å². The van der Waals surface area contributed by atoms with E-state index >= 15 is 0 Å². The summed E-state index contributed by atoms with van der Waals surface area (Å²) in [6.45, 7) is 30.7. The zero-order chi connectivity index (χ0) is 48.3. The van der Waals surface area contributed by atoms with Gasteiger partial charge in [0, 0.05) is 44.7 Å². The molecule has 342 valence electrons. The van der Waals surface area contributed by atoms with E-state index in [9.17, 15) is 0 Å². The van der Waals surface area contributed by atoms with Crippen LogP contribution < -0.4 is 20.6 Å². The topological polar surface area (TPSA) is 6.48 Å². The Balaban J connectivity index is 1.30. The number of fused-ring (bicyclic) bond motifs is 12. The third kappa shape index (κ3) is 6.24. The van der Waals surface area contributed by atoms with Crippen molar-refractivity contribution in [1.29, 1.82) is 0 Å². The van der Waals surface area contributed by atoms with Crippen LogP contribution in [0.1, 0.15) is 129 Å². The van der Waals surface area contributed by atoms with Gasteiger partial charge in [0.15, 0.2) is 0 Å². The number of hydrogen-bond acceptors (Lipinski definition) is 2. The van der Waals surface area contributed by atoms with Gasteiger partial charge in [0.05, 0.1) is 5.69 Å². The molecule has 0 amide bonds. The van der Waals surface area contributed by atoms with Crippen LogP contribution in [0.25, 0.3) is 44.5 Å². The van der Waals surface area contributed by atoms with Crippen molar-refractivity contribution in [2.75, 3.05) is 9.71 Å². The molecule has 12 rings (SSSR count). The molecule has 2 nitrogen and oxygen atoms in total. The van der Waals surface area contributed by atoms with Gasteiger partial charge < -0.3 is 9.71 Å². The van der Waals surface area contributed by atoms with Crippen molar-refractivity contribution in [3.05, 3.63) is 197 Å². The minimum atomic E-state index is -0.256. The maximum absolute atomic E-state index is 2.74. The molecule has 8 aromatic rings. The third-order valence-corrected chi connectivity index (χ3v) is 16.5. The van der Waals surface area contributed by atoms with Gasteiger partial charge in [-0.05, 0) is 148 Å². The molecule has 0 aromatic heterocycles. The van der Waals surface area contributed by atoms with Crippen molar-refractivity contribution in [1.82, 2.24) is 0 Å². The highest BCUT2D eigenvalue weighted by Crippen LogP contribution is 2.60. The van der Waals surface area contributed by atoms with Crippen LogP contribution in [-0.4, -0.2) is 6.85 Å². The molecular formula is C66H65BN2. The summed E-state index contributed by atoms with van der Waals surface area (Å²) < 4.78 is 0. The van der Waals surface area contributed by atoms with Crippen LogP contribution in [0.5, 0.6) is 0 Å². The molecule has 0 spiro atoms. The van der Waals surface area contributed by atoms with E-state index in [-0.39, 0.29) is 33.9 Å². The summed E-state index contributed by atoms with van der Waals surface area (Å²) in [6.07, 6.45) is 0. The number of rotatable bonds is 3. The van der Waals surface area contributed by atoms with Crippen molar-refractivity contribution >= 4 is 46.2 Å². The lowest BCUT2D eigenvalue weighted by Crippen LogP contribution is -2.62. The monoisotopic (exact) mass is 897 g/mol. The normalized spacial score (nSPS) is 15.8. The van der Waals surface area contributed by atoms with E-state index in [2.05, 4.69) is 257 Å². The van der Waals surface area contributed by atoms with Gasteiger partial charge >= 0.3 is 6.85 Å². The Morgan fingerprint density at radius 1 is 0.377 bits per heavy atom. The van der Waals surface area contributed by atoms with E-state index in [1.165, 1.54) is 123 Å². The van der Waals surface area contributed by atoms with Gasteiger partial charge in [0.2, 0.25) is 0 Å². The first kappa shape index (κ1) is 43.7. The minimum Gasteiger partial charge on any atom is -0.376 e. The molecule has 8 aromatic carbocycles. The van der Waals surface area contributed by atoms with Crippen LogP contribution in [0.2, 0.25) is 0 Å². The van der Waals surface area contributed by atoms with Gasteiger partial charge in [-0.25, -0.2) is 0 Å². The average Bonchev–Trinajstić information content (AvgIpc) is 3.69. The molecule has 0 saturated heterocycles. The van der Waals surface area contributed by atoms with Crippen LogP contribution in [0.15, 0.2) is 158 Å². The van der Waals surface area contributed by atoms with E-state index in [1.807, 2.05) is 0 Å². The number of hydrogen-bond donors (Lipinski definition) is 0. The fourth-order valence-corrected chi connectivity index (χ4v) is 12.8. The lowest BCUT2D eigenvalue weighted by atomic mass is 9.41. The Hall–Kier alpha value is -6.58. The predicted octanol–water partition coefficient (Wildman–Crippen LogP) is 16.6. The van der Waals surface area contributed by atoms with Gasteiger partial charge in [0.25, 0.3) is 0 Å². The van der Waals surface area contributed by atoms with Crippen LogP contribution in [0.4, 0.5) is 28.4 Å². The van der Waals surface area contributed by atoms with Gasteiger partial charge in [-0.2, -0.15) is 0 Å². The first-order valence-electron chi connectivity index (χ1n) is 25.3. The fourth-order valence-electron chi connectivity index (χ4n) is 12.8. The van der Waals surface area contributed by atoms with E-state index in [4.69, 9.17) is 0 Å². The lowest BCUT2D eigenvalue weighted by Gasteiger charge is -2.48. The quantitative estimate of drug-likeness (QED) is 0.163. The summed E-state index contributed by atoms with van der Waals surface area (Å²) in [6, 6.07) is 61.5. The molecule has 2 aliphatic heterocycles. The largest absolute Gasteiger partial charge is 0.376 e. The molecule has 2 heterocycles.